The molecule has 8 nitrogen and oxygen atoms in total. The maximum absolute atomic E-state index is 14.1. The van der Waals surface area contributed by atoms with Gasteiger partial charge in [-0.15, -0.1) is 0 Å². The minimum atomic E-state index is -1.02. The van der Waals surface area contributed by atoms with Gasteiger partial charge in [0.2, 0.25) is 11.8 Å². The van der Waals surface area contributed by atoms with Crippen molar-refractivity contribution in [3.63, 3.8) is 0 Å². The third-order valence-electron chi connectivity index (χ3n) is 6.63. The van der Waals surface area contributed by atoms with Crippen LogP contribution in [-0.4, -0.2) is 52.1 Å². The molecule has 1 aromatic rings. The molecule has 1 fully saturated rings. The van der Waals surface area contributed by atoms with Crippen molar-refractivity contribution in [1.82, 2.24) is 15.5 Å². The average Bonchev–Trinajstić information content (AvgIpc) is 2.82. The third-order valence-corrected chi connectivity index (χ3v) is 6.63. The second kappa shape index (κ2) is 14.2. The van der Waals surface area contributed by atoms with Crippen molar-refractivity contribution >= 4 is 17.9 Å². The third kappa shape index (κ3) is 9.56. The van der Waals surface area contributed by atoms with Gasteiger partial charge in [0, 0.05) is 18.2 Å². The van der Waals surface area contributed by atoms with Crippen LogP contribution >= 0.6 is 0 Å². The van der Waals surface area contributed by atoms with E-state index in [9.17, 15) is 19.5 Å². The summed E-state index contributed by atoms with van der Waals surface area (Å²) in [4.78, 5) is 42.1. The average molecular weight is 518 g/mol. The van der Waals surface area contributed by atoms with Gasteiger partial charge < -0.3 is 25.4 Å². The van der Waals surface area contributed by atoms with Crippen molar-refractivity contribution < 1.29 is 24.2 Å². The highest BCUT2D eigenvalue weighted by Gasteiger charge is 2.38. The zero-order valence-electron chi connectivity index (χ0n) is 23.5. The van der Waals surface area contributed by atoms with Gasteiger partial charge in [-0.1, -0.05) is 71.1 Å². The summed E-state index contributed by atoms with van der Waals surface area (Å²) in [6.45, 7) is 11.4. The van der Waals surface area contributed by atoms with Gasteiger partial charge in [0.15, 0.2) is 0 Å². The molecule has 1 aliphatic carbocycles. The van der Waals surface area contributed by atoms with Crippen LogP contribution in [0.2, 0.25) is 0 Å². The first-order valence-electron chi connectivity index (χ1n) is 13.8. The van der Waals surface area contributed by atoms with Crippen LogP contribution in [0.15, 0.2) is 24.3 Å². The largest absolute Gasteiger partial charge is 0.508 e. The Hall–Kier alpha value is -2.77. The predicted molar refractivity (Wildman–Crippen MR) is 145 cm³/mol. The van der Waals surface area contributed by atoms with Crippen molar-refractivity contribution in [3.05, 3.63) is 29.8 Å². The van der Waals surface area contributed by atoms with E-state index in [4.69, 9.17) is 4.74 Å². The SMILES string of the molecule is CCCCCN(C(=O)C(NC(=O)OC(C)(C)C)C(C)C)C(C(=O)NC1CCCCC1)c1ccccc1O. The summed E-state index contributed by atoms with van der Waals surface area (Å²) >= 11 is 0. The maximum Gasteiger partial charge on any atom is 0.408 e. The lowest BCUT2D eigenvalue weighted by molar-refractivity contribution is -0.143. The molecule has 37 heavy (non-hydrogen) atoms. The fourth-order valence-corrected chi connectivity index (χ4v) is 4.72. The molecular formula is C29H47N3O5. The molecule has 0 saturated heterocycles. The Bertz CT molecular complexity index is 890. The molecule has 2 rings (SSSR count). The summed E-state index contributed by atoms with van der Waals surface area (Å²) in [7, 11) is 0. The molecule has 2 unspecified atom stereocenters. The number of rotatable bonds is 11. The van der Waals surface area contributed by atoms with Gasteiger partial charge in [-0.25, -0.2) is 4.79 Å². The Morgan fingerprint density at radius 3 is 2.30 bits per heavy atom. The van der Waals surface area contributed by atoms with Crippen molar-refractivity contribution in [2.75, 3.05) is 6.54 Å². The molecule has 1 aromatic carbocycles. The van der Waals surface area contributed by atoms with Crippen molar-refractivity contribution in [2.45, 2.75) is 117 Å². The molecule has 0 aliphatic heterocycles. The highest BCUT2D eigenvalue weighted by molar-refractivity contribution is 5.92. The van der Waals surface area contributed by atoms with Crippen LogP contribution in [0.3, 0.4) is 0 Å². The highest BCUT2D eigenvalue weighted by Crippen LogP contribution is 2.31. The van der Waals surface area contributed by atoms with Gasteiger partial charge in [-0.2, -0.15) is 0 Å². The number of alkyl carbamates (subject to hydrolysis) is 1. The molecule has 0 radical (unpaired) electrons. The second-order valence-electron chi connectivity index (χ2n) is 11.4. The smallest absolute Gasteiger partial charge is 0.408 e. The first kappa shape index (κ1) is 30.5. The van der Waals surface area contributed by atoms with Crippen LogP contribution in [0.4, 0.5) is 4.79 Å². The molecule has 1 saturated carbocycles. The number of nitrogens with one attached hydrogen (secondary N) is 2. The number of amides is 3. The van der Waals surface area contributed by atoms with Gasteiger partial charge in [-0.3, -0.25) is 9.59 Å². The van der Waals surface area contributed by atoms with Gasteiger partial charge in [0.1, 0.15) is 23.4 Å². The maximum atomic E-state index is 14.1. The van der Waals surface area contributed by atoms with Gasteiger partial charge in [-0.05, 0) is 52.0 Å². The number of aromatic hydroxyl groups is 1. The zero-order valence-corrected chi connectivity index (χ0v) is 23.5. The molecule has 3 N–H and O–H groups in total. The summed E-state index contributed by atoms with van der Waals surface area (Å²) in [5.41, 5.74) is -0.339. The van der Waals surface area contributed by atoms with Crippen LogP contribution in [0, 0.1) is 5.92 Å². The van der Waals surface area contributed by atoms with Gasteiger partial charge in [0.05, 0.1) is 0 Å². The predicted octanol–water partition coefficient (Wildman–Crippen LogP) is 5.45. The van der Waals surface area contributed by atoms with E-state index in [1.807, 2.05) is 13.8 Å². The number of ether oxygens (including phenoxy) is 1. The molecule has 0 aromatic heterocycles. The molecule has 1 aliphatic rings. The molecule has 0 bridgehead atoms. The summed E-state index contributed by atoms with van der Waals surface area (Å²) < 4.78 is 5.42. The minimum Gasteiger partial charge on any atom is -0.508 e. The van der Waals surface area contributed by atoms with Crippen LogP contribution in [0.5, 0.6) is 5.75 Å². The Morgan fingerprint density at radius 1 is 1.08 bits per heavy atom. The lowest BCUT2D eigenvalue weighted by atomic mass is 9.94. The number of hydrogen-bond acceptors (Lipinski definition) is 5. The second-order valence-corrected chi connectivity index (χ2v) is 11.4. The van der Waals surface area contributed by atoms with E-state index in [0.717, 1.165) is 44.9 Å². The van der Waals surface area contributed by atoms with E-state index in [1.54, 1.807) is 39.0 Å². The molecule has 2 atom stereocenters. The number of carbonyl (C=O) groups excluding carboxylic acids is 3. The zero-order chi connectivity index (χ0) is 27.6. The Morgan fingerprint density at radius 2 is 1.73 bits per heavy atom. The monoisotopic (exact) mass is 517 g/mol. The summed E-state index contributed by atoms with van der Waals surface area (Å²) in [5.74, 6) is -0.970. The summed E-state index contributed by atoms with van der Waals surface area (Å²) in [6.07, 6.45) is 6.91. The van der Waals surface area contributed by atoms with Crippen LogP contribution < -0.4 is 10.6 Å². The number of para-hydroxylation sites is 1. The van der Waals surface area contributed by atoms with E-state index in [0.29, 0.717) is 18.5 Å². The van der Waals surface area contributed by atoms with E-state index >= 15 is 0 Å². The van der Waals surface area contributed by atoms with E-state index in [1.165, 1.54) is 11.0 Å². The number of unbranched alkanes of at least 4 members (excludes halogenated alkanes) is 2. The van der Waals surface area contributed by atoms with Gasteiger partial charge >= 0.3 is 6.09 Å². The lowest BCUT2D eigenvalue weighted by Crippen LogP contribution is -2.55. The van der Waals surface area contributed by atoms with Crippen molar-refractivity contribution in [2.24, 2.45) is 5.92 Å². The lowest BCUT2D eigenvalue weighted by Gasteiger charge is -2.36. The molecule has 0 spiro atoms. The van der Waals surface area contributed by atoms with E-state index in [2.05, 4.69) is 17.6 Å². The number of carbonyl (C=O) groups is 3. The van der Waals surface area contributed by atoms with Crippen LogP contribution in [-0.2, 0) is 14.3 Å². The fraction of sp³-hybridized carbons (Fsp3) is 0.690. The van der Waals surface area contributed by atoms with Crippen LogP contribution in [0.25, 0.3) is 0 Å². The number of nitrogens with zero attached hydrogens (tertiary/aromatic N) is 1. The van der Waals surface area contributed by atoms with E-state index < -0.39 is 23.8 Å². The normalized spacial score (nSPS) is 16.1. The van der Waals surface area contributed by atoms with Gasteiger partial charge in [0.25, 0.3) is 0 Å². The standard InChI is InChI=1S/C29H47N3O5/c1-7-8-14-19-32(27(35)24(20(2)3)31-28(36)37-29(4,5)6)25(22-17-12-13-18-23(22)33)26(34)30-21-15-10-9-11-16-21/h12-13,17-18,20-21,24-25,33H,7-11,14-16,19H2,1-6H3,(H,30,34)(H,31,36). The fourth-order valence-electron chi connectivity index (χ4n) is 4.72. The molecule has 208 valence electrons. The van der Waals surface area contributed by atoms with Crippen LogP contribution in [0.1, 0.15) is 105 Å². The first-order chi connectivity index (χ1) is 17.4. The summed E-state index contributed by atoms with van der Waals surface area (Å²) in [5, 5.41) is 16.6. The Kier molecular flexibility index (Phi) is 11.7. The highest BCUT2D eigenvalue weighted by atomic mass is 16.6. The molecule has 0 heterocycles. The quantitative estimate of drug-likeness (QED) is 0.338. The molecule has 8 heteroatoms. The Balaban J connectivity index is 2.45. The molecule has 3 amide bonds. The topological polar surface area (TPSA) is 108 Å². The van der Waals surface area contributed by atoms with Crippen molar-refractivity contribution in [3.8, 4) is 5.75 Å². The number of hydrogen-bond donors (Lipinski definition) is 3. The number of phenols is 1. The molecular weight excluding hydrogens is 470 g/mol. The number of phenolic OH excluding ortho intramolecular Hbond substituents is 1. The number of benzene rings is 1. The summed E-state index contributed by atoms with van der Waals surface area (Å²) in [6, 6.07) is 4.79. The first-order valence-corrected chi connectivity index (χ1v) is 13.8. The minimum absolute atomic E-state index is 0.0409. The van der Waals surface area contributed by atoms with Crippen molar-refractivity contribution in [1.29, 1.82) is 0 Å². The Labute approximate surface area is 222 Å². The van der Waals surface area contributed by atoms with E-state index in [-0.39, 0.29) is 29.5 Å².